The summed E-state index contributed by atoms with van der Waals surface area (Å²) in [5.74, 6) is 0.0249. The molecule has 2 aromatic rings. The predicted molar refractivity (Wildman–Crippen MR) is 138 cm³/mol. The number of rotatable bonds is 9. The van der Waals surface area contributed by atoms with Gasteiger partial charge >= 0.3 is 0 Å². The number of carbonyl (C=O) groups excluding carboxylic acids is 2. The Hall–Kier alpha value is -1.40. The van der Waals surface area contributed by atoms with Crippen LogP contribution in [0.3, 0.4) is 0 Å². The Balaban J connectivity index is 1.77. The van der Waals surface area contributed by atoms with Gasteiger partial charge in [0.1, 0.15) is 6.04 Å². The standard InChI is InChI=1S/C25H29Cl3N2O2S/c1-2-23(25(32)29-19-6-4-3-5-7-19)30(15-17-8-13-21(27)22(28)14-17)24(31)16-33-20-11-9-18(26)10-12-20/h8-14,19,23H,2-7,15-16H2,1H3,(H,29,32). The molecule has 8 heteroatoms. The number of nitrogens with zero attached hydrogens (tertiary/aromatic N) is 1. The van der Waals surface area contributed by atoms with Crippen molar-refractivity contribution >= 4 is 58.4 Å². The van der Waals surface area contributed by atoms with Gasteiger partial charge in [0.25, 0.3) is 0 Å². The van der Waals surface area contributed by atoms with E-state index in [9.17, 15) is 9.59 Å². The van der Waals surface area contributed by atoms with E-state index in [2.05, 4.69) is 5.32 Å². The number of hydrogen-bond donors (Lipinski definition) is 1. The molecule has 1 unspecified atom stereocenters. The summed E-state index contributed by atoms with van der Waals surface area (Å²) in [4.78, 5) is 29.2. The molecule has 0 spiro atoms. The number of hydrogen-bond acceptors (Lipinski definition) is 3. The molecule has 2 amide bonds. The van der Waals surface area contributed by atoms with Crippen molar-refractivity contribution in [3.05, 3.63) is 63.1 Å². The molecule has 1 saturated carbocycles. The summed E-state index contributed by atoms with van der Waals surface area (Å²) >= 11 is 19.7. The maximum atomic E-state index is 13.4. The summed E-state index contributed by atoms with van der Waals surface area (Å²) in [7, 11) is 0. The van der Waals surface area contributed by atoms with E-state index < -0.39 is 6.04 Å². The van der Waals surface area contributed by atoms with Crippen molar-refractivity contribution < 1.29 is 9.59 Å². The summed E-state index contributed by atoms with van der Waals surface area (Å²) in [5.41, 5.74) is 0.832. The van der Waals surface area contributed by atoms with Crippen molar-refractivity contribution in [3.63, 3.8) is 0 Å². The van der Waals surface area contributed by atoms with Gasteiger partial charge in [0.15, 0.2) is 0 Å². The van der Waals surface area contributed by atoms with E-state index in [1.807, 2.05) is 25.1 Å². The van der Waals surface area contributed by atoms with Crippen LogP contribution in [-0.4, -0.2) is 34.6 Å². The molecule has 33 heavy (non-hydrogen) atoms. The van der Waals surface area contributed by atoms with Crippen molar-refractivity contribution in [1.82, 2.24) is 10.2 Å². The number of benzene rings is 2. The molecule has 178 valence electrons. The highest BCUT2D eigenvalue weighted by Crippen LogP contribution is 2.26. The third-order valence-corrected chi connectivity index (χ3v) is 7.84. The average Bonchev–Trinajstić information content (AvgIpc) is 2.81. The van der Waals surface area contributed by atoms with E-state index in [1.54, 1.807) is 29.2 Å². The molecule has 4 nitrogen and oxygen atoms in total. The molecule has 1 atom stereocenters. The first-order valence-corrected chi connectivity index (χ1v) is 13.4. The van der Waals surface area contributed by atoms with Crippen molar-refractivity contribution in [2.24, 2.45) is 0 Å². The first-order chi connectivity index (χ1) is 15.9. The van der Waals surface area contributed by atoms with Gasteiger partial charge in [-0.25, -0.2) is 0 Å². The first kappa shape index (κ1) is 26.2. The topological polar surface area (TPSA) is 49.4 Å². The maximum absolute atomic E-state index is 13.4. The summed E-state index contributed by atoms with van der Waals surface area (Å²) < 4.78 is 0. The zero-order valence-corrected chi connectivity index (χ0v) is 21.7. The van der Waals surface area contributed by atoms with Crippen molar-refractivity contribution in [2.75, 3.05) is 5.75 Å². The number of thioether (sulfide) groups is 1. The SMILES string of the molecule is CCC(C(=O)NC1CCCCC1)N(Cc1ccc(Cl)c(Cl)c1)C(=O)CSc1ccc(Cl)cc1. The summed E-state index contributed by atoms with van der Waals surface area (Å²) in [6.45, 7) is 2.22. The maximum Gasteiger partial charge on any atom is 0.243 e. The molecular weight excluding hydrogens is 499 g/mol. The van der Waals surface area contributed by atoms with Crippen molar-refractivity contribution in [1.29, 1.82) is 0 Å². The smallest absolute Gasteiger partial charge is 0.243 e. The molecule has 1 aliphatic rings. The van der Waals surface area contributed by atoms with Gasteiger partial charge in [0.2, 0.25) is 11.8 Å². The van der Waals surface area contributed by atoms with Gasteiger partial charge in [-0.15, -0.1) is 11.8 Å². The van der Waals surface area contributed by atoms with Gasteiger partial charge in [-0.2, -0.15) is 0 Å². The van der Waals surface area contributed by atoms with Gasteiger partial charge in [-0.05, 0) is 61.2 Å². The van der Waals surface area contributed by atoms with Gasteiger partial charge in [-0.3, -0.25) is 9.59 Å². The second-order valence-electron chi connectivity index (χ2n) is 8.28. The van der Waals surface area contributed by atoms with Crippen LogP contribution >= 0.6 is 46.6 Å². The normalized spacial score (nSPS) is 15.2. The Labute approximate surface area is 215 Å². The van der Waals surface area contributed by atoms with Crippen LogP contribution in [0.2, 0.25) is 15.1 Å². The van der Waals surface area contributed by atoms with Gasteiger partial charge in [-0.1, -0.05) is 67.1 Å². The molecule has 0 aliphatic heterocycles. The highest BCUT2D eigenvalue weighted by Gasteiger charge is 2.30. The van der Waals surface area contributed by atoms with Gasteiger partial charge < -0.3 is 10.2 Å². The largest absolute Gasteiger partial charge is 0.352 e. The van der Waals surface area contributed by atoms with E-state index >= 15 is 0 Å². The second-order valence-corrected chi connectivity index (χ2v) is 10.6. The zero-order chi connectivity index (χ0) is 23.8. The van der Waals surface area contributed by atoms with Crippen LogP contribution in [0.15, 0.2) is 47.4 Å². The van der Waals surface area contributed by atoms with Gasteiger partial charge in [0, 0.05) is 22.5 Å². The van der Waals surface area contributed by atoms with Crippen LogP contribution < -0.4 is 5.32 Å². The third-order valence-electron chi connectivity index (χ3n) is 5.85. The molecular formula is C25H29Cl3N2O2S. The highest BCUT2D eigenvalue weighted by atomic mass is 35.5. The number of halogens is 3. The third kappa shape index (κ3) is 7.81. The minimum atomic E-state index is -0.556. The Morgan fingerprint density at radius 3 is 2.36 bits per heavy atom. The quantitative estimate of drug-likeness (QED) is 0.357. The second kappa shape index (κ2) is 12.9. The van der Waals surface area contributed by atoms with E-state index in [0.29, 0.717) is 21.5 Å². The molecule has 1 aliphatic carbocycles. The van der Waals surface area contributed by atoms with Crippen LogP contribution in [0.4, 0.5) is 0 Å². The fourth-order valence-electron chi connectivity index (χ4n) is 4.06. The summed E-state index contributed by atoms with van der Waals surface area (Å²) in [5, 5.41) is 4.73. The Kier molecular flexibility index (Phi) is 10.2. The lowest BCUT2D eigenvalue weighted by molar-refractivity contribution is -0.139. The van der Waals surface area contributed by atoms with Crippen molar-refractivity contribution in [2.45, 2.75) is 69.0 Å². The molecule has 1 fully saturated rings. The minimum absolute atomic E-state index is 0.0886. The van der Waals surface area contributed by atoms with Crippen LogP contribution in [0.25, 0.3) is 0 Å². The van der Waals surface area contributed by atoms with Crippen LogP contribution in [-0.2, 0) is 16.1 Å². The average molecular weight is 528 g/mol. The number of amides is 2. The molecule has 3 rings (SSSR count). The fourth-order valence-corrected chi connectivity index (χ4v) is 5.29. The van der Waals surface area contributed by atoms with E-state index in [1.165, 1.54) is 18.2 Å². The molecule has 0 aromatic heterocycles. The van der Waals surface area contributed by atoms with E-state index in [0.717, 1.165) is 36.1 Å². The monoisotopic (exact) mass is 526 g/mol. The van der Waals surface area contributed by atoms with Crippen LogP contribution in [0, 0.1) is 0 Å². The molecule has 0 radical (unpaired) electrons. The number of nitrogens with one attached hydrogen (secondary N) is 1. The molecule has 0 saturated heterocycles. The molecule has 0 bridgehead atoms. The van der Waals surface area contributed by atoms with Crippen LogP contribution in [0.5, 0.6) is 0 Å². The van der Waals surface area contributed by atoms with E-state index in [-0.39, 0.29) is 30.2 Å². The first-order valence-electron chi connectivity index (χ1n) is 11.3. The molecule has 2 aromatic carbocycles. The zero-order valence-electron chi connectivity index (χ0n) is 18.7. The lowest BCUT2D eigenvalue weighted by atomic mass is 9.95. The van der Waals surface area contributed by atoms with Crippen LogP contribution in [0.1, 0.15) is 51.0 Å². The predicted octanol–water partition coefficient (Wildman–Crippen LogP) is 7.00. The van der Waals surface area contributed by atoms with Gasteiger partial charge in [0.05, 0.1) is 15.8 Å². The lowest BCUT2D eigenvalue weighted by Gasteiger charge is -2.32. The Morgan fingerprint density at radius 1 is 1.03 bits per heavy atom. The summed E-state index contributed by atoms with van der Waals surface area (Å²) in [6, 6.07) is 12.3. The molecule has 1 N–H and O–H groups in total. The van der Waals surface area contributed by atoms with Crippen molar-refractivity contribution in [3.8, 4) is 0 Å². The van der Waals surface area contributed by atoms with E-state index in [4.69, 9.17) is 34.8 Å². The Bertz CT molecular complexity index is 949. The Morgan fingerprint density at radius 2 is 1.73 bits per heavy atom. The summed E-state index contributed by atoms with van der Waals surface area (Å²) in [6.07, 6.45) is 5.99. The highest BCUT2D eigenvalue weighted by molar-refractivity contribution is 8.00. The minimum Gasteiger partial charge on any atom is -0.352 e. The fraction of sp³-hybridized carbons (Fsp3) is 0.440. The molecule has 0 heterocycles. The number of carbonyl (C=O) groups is 2. The lowest BCUT2D eigenvalue weighted by Crippen LogP contribution is -2.52.